The minimum Gasteiger partial charge on any atom is -0.491 e. The van der Waals surface area contributed by atoms with Gasteiger partial charge in [-0.15, -0.1) is 0 Å². The Morgan fingerprint density at radius 1 is 1.10 bits per heavy atom. The monoisotopic (exact) mass is 407 g/mol. The molecule has 0 saturated carbocycles. The van der Waals surface area contributed by atoms with Crippen LogP contribution < -0.4 is 9.47 Å². The normalized spacial score (nSPS) is 16.0. The van der Waals surface area contributed by atoms with Gasteiger partial charge in [-0.1, -0.05) is 54.2 Å². The van der Waals surface area contributed by atoms with Crippen molar-refractivity contribution in [2.24, 2.45) is 0 Å². The molecular weight excluding hydrogens is 382 g/mol. The lowest BCUT2D eigenvalue weighted by Crippen LogP contribution is -2.33. The zero-order chi connectivity index (χ0) is 20.1. The predicted molar refractivity (Wildman–Crippen MR) is 119 cm³/mol. The van der Waals surface area contributed by atoms with Gasteiger partial charge in [-0.05, 0) is 48.7 Å². The number of rotatable bonds is 8. The smallest absolute Gasteiger partial charge is 0.141 e. The van der Waals surface area contributed by atoms with Crippen molar-refractivity contribution in [2.45, 2.75) is 12.5 Å². The Balaban J connectivity index is 1.36. The summed E-state index contributed by atoms with van der Waals surface area (Å²) in [5, 5.41) is 12.4. The molecule has 2 heterocycles. The third kappa shape index (κ3) is 4.93. The van der Waals surface area contributed by atoms with Gasteiger partial charge in [0, 0.05) is 18.7 Å². The molecule has 29 heavy (non-hydrogen) atoms. The zero-order valence-corrected chi connectivity index (χ0v) is 17.3. The number of para-hydroxylation sites is 2. The molecule has 0 aliphatic carbocycles. The Morgan fingerprint density at radius 3 is 2.76 bits per heavy atom. The van der Waals surface area contributed by atoms with E-state index in [1.165, 1.54) is 10.5 Å². The highest BCUT2D eigenvalue weighted by molar-refractivity contribution is 8.06. The van der Waals surface area contributed by atoms with E-state index < -0.39 is 6.10 Å². The van der Waals surface area contributed by atoms with E-state index >= 15 is 0 Å². The fourth-order valence-electron chi connectivity index (χ4n) is 3.48. The summed E-state index contributed by atoms with van der Waals surface area (Å²) in [6, 6.07) is 17.8. The van der Waals surface area contributed by atoms with Gasteiger partial charge < -0.3 is 19.5 Å². The van der Waals surface area contributed by atoms with E-state index in [1.807, 2.05) is 61.7 Å². The highest BCUT2D eigenvalue weighted by atomic mass is 32.2. The van der Waals surface area contributed by atoms with E-state index in [4.69, 9.17) is 9.47 Å². The molecule has 4 nitrogen and oxygen atoms in total. The second kappa shape index (κ2) is 9.35. The van der Waals surface area contributed by atoms with Crippen LogP contribution in [0.1, 0.15) is 12.0 Å². The van der Waals surface area contributed by atoms with Crippen LogP contribution in [0.3, 0.4) is 0 Å². The summed E-state index contributed by atoms with van der Waals surface area (Å²) >= 11 is 1.71. The summed E-state index contributed by atoms with van der Waals surface area (Å²) in [5.74, 6) is 2.61. The topological polar surface area (TPSA) is 41.9 Å². The molecule has 0 radical (unpaired) electrons. The van der Waals surface area contributed by atoms with Crippen molar-refractivity contribution in [3.63, 3.8) is 0 Å². The van der Waals surface area contributed by atoms with E-state index in [9.17, 15) is 5.11 Å². The van der Waals surface area contributed by atoms with Crippen molar-refractivity contribution >= 4 is 17.3 Å². The molecule has 0 saturated heterocycles. The summed E-state index contributed by atoms with van der Waals surface area (Å²) in [6.45, 7) is 1.68. The lowest BCUT2D eigenvalue weighted by atomic mass is 9.98. The third-order valence-electron chi connectivity index (χ3n) is 4.89. The maximum absolute atomic E-state index is 10.3. The molecule has 150 valence electrons. The highest BCUT2D eigenvalue weighted by Gasteiger charge is 2.25. The molecule has 0 fully saturated rings. The van der Waals surface area contributed by atoms with Crippen LogP contribution in [-0.2, 0) is 0 Å². The summed E-state index contributed by atoms with van der Waals surface area (Å²) in [5.41, 5.74) is 2.46. The fourth-order valence-corrected chi connectivity index (χ4v) is 4.35. The predicted octanol–water partition coefficient (Wildman–Crippen LogP) is 4.70. The Hall–Kier alpha value is -2.47. The second-order valence-corrected chi connectivity index (χ2v) is 8.09. The summed E-state index contributed by atoms with van der Waals surface area (Å²) in [6.07, 6.45) is 4.39. The van der Waals surface area contributed by atoms with Crippen molar-refractivity contribution in [3.8, 4) is 11.5 Å². The van der Waals surface area contributed by atoms with E-state index in [0.29, 0.717) is 6.54 Å². The first kappa shape index (κ1) is 19.8. The molecule has 1 N–H and O–H groups in total. The van der Waals surface area contributed by atoms with E-state index in [-0.39, 0.29) is 6.61 Å². The van der Waals surface area contributed by atoms with Crippen LogP contribution in [0.15, 0.2) is 82.8 Å². The second-order valence-electron chi connectivity index (χ2n) is 7.17. The molecule has 2 aromatic rings. The molecular formula is C24H25NO3S. The van der Waals surface area contributed by atoms with Crippen LogP contribution in [0.25, 0.3) is 5.57 Å². The molecule has 1 unspecified atom stereocenters. The summed E-state index contributed by atoms with van der Waals surface area (Å²) in [7, 11) is 2.03. The van der Waals surface area contributed by atoms with Crippen LogP contribution >= 0.6 is 11.8 Å². The van der Waals surface area contributed by atoms with Gasteiger partial charge >= 0.3 is 0 Å². The minimum absolute atomic E-state index is 0.284. The van der Waals surface area contributed by atoms with Crippen LogP contribution in [-0.4, -0.2) is 42.9 Å². The van der Waals surface area contributed by atoms with Crippen molar-refractivity contribution in [2.75, 3.05) is 26.7 Å². The first-order valence-electron chi connectivity index (χ1n) is 9.79. The average Bonchev–Trinajstić information content (AvgIpc) is 2.76. The Labute approximate surface area is 176 Å². The van der Waals surface area contributed by atoms with Crippen LogP contribution in [0.5, 0.6) is 11.5 Å². The molecule has 0 bridgehead atoms. The van der Waals surface area contributed by atoms with Gasteiger partial charge in [0.1, 0.15) is 30.0 Å². The first-order chi connectivity index (χ1) is 14.2. The molecule has 2 aromatic carbocycles. The maximum atomic E-state index is 10.3. The van der Waals surface area contributed by atoms with Gasteiger partial charge in [0.15, 0.2) is 0 Å². The van der Waals surface area contributed by atoms with Crippen LogP contribution in [0, 0.1) is 0 Å². The van der Waals surface area contributed by atoms with Crippen molar-refractivity contribution in [3.05, 3.63) is 88.4 Å². The molecule has 5 heteroatoms. The standard InChI is InChI=1S/C24H25NO3S/c1-25(16-18(26)17-27-19-8-3-2-4-9-19)14-13-21-20-10-5-6-11-22(20)28-23-12-7-15-29-24(21)23/h2-12,15,18,26H,13-14,16-17H2,1H3. The molecule has 0 spiro atoms. The largest absolute Gasteiger partial charge is 0.491 e. The lowest BCUT2D eigenvalue weighted by Gasteiger charge is -2.28. The van der Waals surface area contributed by atoms with Gasteiger partial charge in [0.25, 0.3) is 0 Å². The molecule has 4 rings (SSSR count). The number of fused-ring (bicyclic) bond motifs is 2. The number of aliphatic hydroxyl groups excluding tert-OH is 1. The van der Waals surface area contributed by atoms with E-state index in [1.54, 1.807) is 11.8 Å². The molecule has 2 aliphatic heterocycles. The average molecular weight is 408 g/mol. The van der Waals surface area contributed by atoms with Crippen LogP contribution in [0.4, 0.5) is 0 Å². The highest BCUT2D eigenvalue weighted by Crippen LogP contribution is 2.45. The quantitative estimate of drug-likeness (QED) is 0.687. The van der Waals surface area contributed by atoms with E-state index in [2.05, 4.69) is 22.4 Å². The Bertz CT molecular complexity index is 936. The van der Waals surface area contributed by atoms with Gasteiger partial charge in [-0.2, -0.15) is 0 Å². The molecule has 0 aromatic heterocycles. The minimum atomic E-state index is -0.540. The summed E-state index contributed by atoms with van der Waals surface area (Å²) < 4.78 is 11.7. The number of thioether (sulfide) groups is 1. The van der Waals surface area contributed by atoms with Crippen molar-refractivity contribution < 1.29 is 14.6 Å². The van der Waals surface area contributed by atoms with E-state index in [0.717, 1.165) is 35.8 Å². The number of nitrogens with zero attached hydrogens (tertiary/aromatic N) is 1. The number of aliphatic hydroxyl groups is 1. The number of allylic oxidation sites excluding steroid dienone is 2. The lowest BCUT2D eigenvalue weighted by molar-refractivity contribution is 0.0770. The Morgan fingerprint density at radius 2 is 1.90 bits per heavy atom. The van der Waals surface area contributed by atoms with Crippen LogP contribution in [0.2, 0.25) is 0 Å². The molecule has 0 amide bonds. The number of benzene rings is 2. The number of hydrogen-bond donors (Lipinski definition) is 1. The zero-order valence-electron chi connectivity index (χ0n) is 16.5. The van der Waals surface area contributed by atoms with Crippen molar-refractivity contribution in [1.29, 1.82) is 0 Å². The van der Waals surface area contributed by atoms with Gasteiger partial charge in [-0.25, -0.2) is 0 Å². The van der Waals surface area contributed by atoms with Gasteiger partial charge in [-0.3, -0.25) is 0 Å². The third-order valence-corrected chi connectivity index (χ3v) is 5.87. The summed E-state index contributed by atoms with van der Waals surface area (Å²) in [4.78, 5) is 3.34. The number of ether oxygens (including phenoxy) is 2. The Kier molecular flexibility index (Phi) is 6.39. The number of likely N-dealkylation sites (N-methyl/N-ethyl adjacent to an activating group) is 1. The molecule has 1 atom stereocenters. The SMILES string of the molecule is CN(CCC1=C2SC=CC=C2Oc2ccccc21)CC(O)COc1ccccc1. The fraction of sp³-hybridized carbons (Fsp3) is 0.250. The van der Waals surface area contributed by atoms with Gasteiger partial charge in [0.05, 0.1) is 4.91 Å². The van der Waals surface area contributed by atoms with Crippen molar-refractivity contribution in [1.82, 2.24) is 4.90 Å². The van der Waals surface area contributed by atoms with Gasteiger partial charge in [0.2, 0.25) is 0 Å². The maximum Gasteiger partial charge on any atom is 0.141 e. The molecule has 2 aliphatic rings. The number of hydrogen-bond acceptors (Lipinski definition) is 5. The first-order valence-corrected chi connectivity index (χ1v) is 10.7.